The second-order valence-corrected chi connectivity index (χ2v) is 16.9. The molecule has 0 aromatic carbocycles. The SMILES string of the molecule is [CH3][Zr]([C]1=CC=CC1)[C]1=C([Si](C)(C)C)C=CC1. The summed E-state index contributed by atoms with van der Waals surface area (Å²) in [5.41, 5.74) is 0. The van der Waals surface area contributed by atoms with Gasteiger partial charge in [0.1, 0.15) is 0 Å². The molecule has 0 nitrogen and oxygen atoms in total. The summed E-state index contributed by atoms with van der Waals surface area (Å²) in [4.78, 5) is 0. The van der Waals surface area contributed by atoms with Crippen molar-refractivity contribution in [2.45, 2.75) is 37.1 Å². The molecule has 0 saturated carbocycles. The van der Waals surface area contributed by atoms with E-state index in [1.54, 1.807) is 8.48 Å². The summed E-state index contributed by atoms with van der Waals surface area (Å²) >= 11 is -1.42. The van der Waals surface area contributed by atoms with Gasteiger partial charge in [0.05, 0.1) is 0 Å². The third-order valence-corrected chi connectivity index (χ3v) is 12.8. The van der Waals surface area contributed by atoms with E-state index in [0.29, 0.717) is 0 Å². The van der Waals surface area contributed by atoms with Crippen molar-refractivity contribution in [3.05, 3.63) is 42.1 Å². The van der Waals surface area contributed by atoms with Crippen LogP contribution in [0.15, 0.2) is 42.1 Å². The van der Waals surface area contributed by atoms with E-state index in [0.717, 1.165) is 0 Å². The van der Waals surface area contributed by atoms with Gasteiger partial charge >= 0.3 is 109 Å². The van der Waals surface area contributed by atoms with Crippen LogP contribution in [0.25, 0.3) is 0 Å². The molecule has 0 amide bonds. The van der Waals surface area contributed by atoms with Gasteiger partial charge in [0.15, 0.2) is 0 Å². The summed E-state index contributed by atoms with van der Waals surface area (Å²) in [6, 6.07) is 0. The normalized spacial score (nSPS) is 19.6. The Bertz CT molecular complexity index is 405. The van der Waals surface area contributed by atoms with Gasteiger partial charge in [-0.05, 0) is 0 Å². The van der Waals surface area contributed by atoms with E-state index in [-0.39, 0.29) is 0 Å². The average Bonchev–Trinajstić information content (AvgIpc) is 2.87. The number of allylic oxidation sites excluding steroid dienone is 8. The van der Waals surface area contributed by atoms with Crippen LogP contribution in [-0.4, -0.2) is 8.07 Å². The van der Waals surface area contributed by atoms with Crippen molar-refractivity contribution in [1.82, 2.24) is 0 Å². The van der Waals surface area contributed by atoms with E-state index in [1.807, 2.05) is 3.28 Å². The monoisotopic (exact) mass is 307 g/mol. The maximum absolute atomic E-state index is 2.57. The van der Waals surface area contributed by atoms with Crippen molar-refractivity contribution >= 4 is 8.07 Å². The Morgan fingerprint density at radius 3 is 2.44 bits per heavy atom. The predicted octanol–water partition coefficient (Wildman–Crippen LogP) is 4.59. The summed E-state index contributed by atoms with van der Waals surface area (Å²) < 4.78 is 6.25. The fourth-order valence-electron chi connectivity index (χ4n) is 2.48. The van der Waals surface area contributed by atoms with E-state index in [9.17, 15) is 0 Å². The van der Waals surface area contributed by atoms with Gasteiger partial charge in [-0.3, -0.25) is 0 Å². The van der Waals surface area contributed by atoms with Crippen molar-refractivity contribution < 1.29 is 21.8 Å². The molecule has 2 aliphatic rings. The molecule has 0 N–H and O–H groups in total. The second kappa shape index (κ2) is 4.74. The Labute approximate surface area is 109 Å². The Kier molecular flexibility index (Phi) is 3.71. The molecule has 85 valence electrons. The average molecular weight is 309 g/mol. The fraction of sp³-hybridized carbons (Fsp3) is 0.429. The first kappa shape index (κ1) is 12.5. The van der Waals surface area contributed by atoms with E-state index >= 15 is 0 Å². The molecule has 0 bridgehead atoms. The Hall–Kier alpha value is 0.0600. The molecule has 0 radical (unpaired) electrons. The molecule has 2 heteroatoms. The molecule has 0 aromatic heterocycles. The Morgan fingerprint density at radius 2 is 1.88 bits per heavy atom. The van der Waals surface area contributed by atoms with Crippen molar-refractivity contribution in [2.24, 2.45) is 0 Å². The first-order valence-electron chi connectivity index (χ1n) is 6.10. The van der Waals surface area contributed by atoms with E-state index in [4.69, 9.17) is 0 Å². The molecule has 0 atom stereocenters. The van der Waals surface area contributed by atoms with Crippen LogP contribution < -0.4 is 0 Å². The topological polar surface area (TPSA) is 0 Å². The predicted molar refractivity (Wildman–Crippen MR) is 71.8 cm³/mol. The van der Waals surface area contributed by atoms with E-state index in [2.05, 4.69) is 54.7 Å². The molecule has 2 aliphatic carbocycles. The number of rotatable bonds is 3. The number of hydrogen-bond acceptors (Lipinski definition) is 0. The summed E-state index contributed by atoms with van der Waals surface area (Å²) in [7, 11) is -1.11. The van der Waals surface area contributed by atoms with Gasteiger partial charge in [0.25, 0.3) is 0 Å². The van der Waals surface area contributed by atoms with Crippen molar-refractivity contribution in [1.29, 1.82) is 0 Å². The molecular formula is C14H21SiZr. The van der Waals surface area contributed by atoms with Gasteiger partial charge in [-0.2, -0.15) is 0 Å². The van der Waals surface area contributed by atoms with Gasteiger partial charge in [-0.15, -0.1) is 0 Å². The molecule has 0 aliphatic heterocycles. The van der Waals surface area contributed by atoms with Crippen molar-refractivity contribution in [2.75, 3.05) is 0 Å². The quantitative estimate of drug-likeness (QED) is 0.669. The Morgan fingerprint density at radius 1 is 1.12 bits per heavy atom. The van der Waals surface area contributed by atoms with Crippen LogP contribution >= 0.6 is 0 Å². The van der Waals surface area contributed by atoms with Crippen LogP contribution in [-0.2, 0) is 21.8 Å². The standard InChI is InChI=1S/C8H13Si.C5H5.CH3.Zr/c1-9(2,3)8-6-4-5-7-8;1-2-4-5-3-1;;/h4,6H,5H2,1-3H3;1-3H,4H2;1H3;. The second-order valence-electron chi connectivity index (χ2n) is 5.70. The molecular weight excluding hydrogens is 287 g/mol. The summed E-state index contributed by atoms with van der Waals surface area (Å²) in [6.07, 6.45) is 14.3. The van der Waals surface area contributed by atoms with Crippen LogP contribution in [0, 0.1) is 0 Å². The molecule has 0 aromatic rings. The molecule has 0 spiro atoms. The van der Waals surface area contributed by atoms with Crippen LogP contribution in [0.5, 0.6) is 0 Å². The zero-order valence-electron chi connectivity index (χ0n) is 10.8. The minimum atomic E-state index is -1.42. The first-order chi connectivity index (χ1) is 7.50. The van der Waals surface area contributed by atoms with Crippen LogP contribution in [0.4, 0.5) is 0 Å². The third-order valence-electron chi connectivity index (χ3n) is 3.45. The van der Waals surface area contributed by atoms with Gasteiger partial charge in [-0.1, -0.05) is 0 Å². The maximum atomic E-state index is 2.57. The van der Waals surface area contributed by atoms with E-state index < -0.39 is 29.8 Å². The van der Waals surface area contributed by atoms with Crippen LogP contribution in [0.1, 0.15) is 12.8 Å². The number of hydrogen-bond donors (Lipinski definition) is 0. The van der Waals surface area contributed by atoms with Gasteiger partial charge < -0.3 is 0 Å². The molecule has 0 unspecified atom stereocenters. The van der Waals surface area contributed by atoms with Gasteiger partial charge in [-0.25, -0.2) is 0 Å². The molecule has 0 fully saturated rings. The molecule has 0 saturated heterocycles. The zero-order chi connectivity index (χ0) is 11.8. The first-order valence-corrected chi connectivity index (χ1v) is 14.5. The minimum absolute atomic E-state index is 1.11. The van der Waals surface area contributed by atoms with Crippen LogP contribution in [0.3, 0.4) is 0 Å². The summed E-state index contributed by atoms with van der Waals surface area (Å²) in [5.74, 6) is 0. The van der Waals surface area contributed by atoms with Crippen molar-refractivity contribution in [3.63, 3.8) is 0 Å². The molecule has 2 rings (SSSR count). The molecule has 0 heterocycles. The molecule has 16 heavy (non-hydrogen) atoms. The van der Waals surface area contributed by atoms with E-state index in [1.165, 1.54) is 12.8 Å². The fourth-order valence-corrected chi connectivity index (χ4v) is 13.1. The van der Waals surface area contributed by atoms with Crippen LogP contribution in [0.2, 0.25) is 24.3 Å². The van der Waals surface area contributed by atoms with Gasteiger partial charge in [0, 0.05) is 0 Å². The summed E-state index contributed by atoms with van der Waals surface area (Å²) in [5, 5.41) is 1.78. The summed E-state index contributed by atoms with van der Waals surface area (Å²) in [6.45, 7) is 7.45. The zero-order valence-corrected chi connectivity index (χ0v) is 14.3. The van der Waals surface area contributed by atoms with Gasteiger partial charge in [0.2, 0.25) is 0 Å². The Balaban J connectivity index is 2.27. The third kappa shape index (κ3) is 2.49. The van der Waals surface area contributed by atoms with Crippen molar-refractivity contribution in [3.8, 4) is 0 Å².